The van der Waals surface area contributed by atoms with Crippen LogP contribution in [0.2, 0.25) is 0 Å². The number of rotatable bonds is 14. The third kappa shape index (κ3) is 6.42. The van der Waals surface area contributed by atoms with Crippen molar-refractivity contribution in [2.24, 2.45) is 0 Å². The Bertz CT molecular complexity index is 702. The molecular formula is C16H25F9O4S2. The predicted molar refractivity (Wildman–Crippen MR) is 98.2 cm³/mol. The first-order valence-corrected chi connectivity index (χ1v) is 12.7. The molecule has 0 aliphatic heterocycles. The predicted octanol–water partition coefficient (Wildman–Crippen LogP) is 6.06. The van der Waals surface area contributed by atoms with Gasteiger partial charge >= 0.3 is 33.4 Å². The van der Waals surface area contributed by atoms with E-state index >= 15 is 0 Å². The van der Waals surface area contributed by atoms with Crippen molar-refractivity contribution in [2.45, 2.75) is 76.2 Å². The smallest absolute Gasteiger partial charge is 0.299 e. The van der Waals surface area contributed by atoms with E-state index in [0.717, 1.165) is 12.8 Å². The molecule has 0 saturated carbocycles. The molecule has 0 unspecified atom stereocenters. The van der Waals surface area contributed by atoms with Crippen molar-refractivity contribution in [1.82, 2.24) is 0 Å². The molecule has 0 heterocycles. The molecule has 188 valence electrons. The van der Waals surface area contributed by atoms with Crippen LogP contribution < -0.4 is 0 Å². The Hall–Kier alpha value is -0.700. The molecule has 0 rings (SSSR count). The zero-order chi connectivity index (χ0) is 24.9. The van der Waals surface area contributed by atoms with Crippen LogP contribution in [0.3, 0.4) is 0 Å². The van der Waals surface area contributed by atoms with Gasteiger partial charge in [0.05, 0.1) is 5.75 Å². The molecule has 0 saturated heterocycles. The summed E-state index contributed by atoms with van der Waals surface area (Å²) >= 11 is 0. The Kier molecular flexibility index (Phi) is 10.3. The first kappa shape index (κ1) is 30.3. The lowest BCUT2D eigenvalue weighted by Crippen LogP contribution is -2.63. The molecule has 0 amide bonds. The first-order chi connectivity index (χ1) is 13.8. The highest BCUT2D eigenvalue weighted by atomic mass is 32.3. The van der Waals surface area contributed by atoms with Gasteiger partial charge in [-0.05, 0) is 17.9 Å². The summed E-state index contributed by atoms with van der Waals surface area (Å²) in [5, 5.41) is -6.92. The number of carbonyl (C=O) groups is 1. The monoisotopic (exact) mass is 516 g/mol. The second-order valence-corrected chi connectivity index (χ2v) is 12.1. The normalized spacial score (nSPS) is 15.2. The number of hydrogen-bond donors (Lipinski definition) is 0. The molecule has 0 fully saturated rings. The molecule has 0 aromatic carbocycles. The van der Waals surface area contributed by atoms with Crippen molar-refractivity contribution < 1.29 is 56.4 Å². The average molecular weight is 516 g/mol. The summed E-state index contributed by atoms with van der Waals surface area (Å²) in [5.74, 6) is -16.9. The number of alkyl halides is 9. The first-order valence-electron chi connectivity index (χ1n) is 9.22. The van der Waals surface area contributed by atoms with Crippen molar-refractivity contribution >= 4 is 26.2 Å². The van der Waals surface area contributed by atoms with Gasteiger partial charge in [-0.15, -0.1) is 10.3 Å². The quantitative estimate of drug-likeness (QED) is 0.208. The molecule has 4 nitrogen and oxygen atoms in total. The van der Waals surface area contributed by atoms with Gasteiger partial charge in [-0.2, -0.15) is 47.9 Å². The summed E-state index contributed by atoms with van der Waals surface area (Å²) in [5.41, 5.74) is 0. The molecule has 31 heavy (non-hydrogen) atoms. The number of Topliss-reactive ketones (excluding diaryl/α,β-unsaturated/α-hetero) is 1. The fourth-order valence-electron chi connectivity index (χ4n) is 2.39. The Morgan fingerprint density at radius 2 is 1.26 bits per heavy atom. The SMILES string of the molecule is CCCCCCC(=O)CS(CC)(CC)OS(=O)(=O)C(F)(F)C(F)(F)C(F)(F)C(F)(F)F. The maximum Gasteiger partial charge on any atom is 0.460 e. The van der Waals surface area contributed by atoms with Crippen molar-refractivity contribution in [1.29, 1.82) is 0 Å². The van der Waals surface area contributed by atoms with Crippen LogP contribution >= 0.6 is 10.3 Å². The van der Waals surface area contributed by atoms with Gasteiger partial charge in [-0.25, -0.2) is 3.63 Å². The summed E-state index contributed by atoms with van der Waals surface area (Å²) in [4.78, 5) is 12.1. The largest absolute Gasteiger partial charge is 0.460 e. The molecule has 0 aliphatic rings. The van der Waals surface area contributed by atoms with Gasteiger partial charge in [0.25, 0.3) is 0 Å². The van der Waals surface area contributed by atoms with E-state index in [1.54, 1.807) is 0 Å². The van der Waals surface area contributed by atoms with E-state index in [2.05, 4.69) is 3.63 Å². The van der Waals surface area contributed by atoms with Gasteiger partial charge in [-0.1, -0.05) is 40.0 Å². The number of unbranched alkanes of at least 4 members (excludes halogenated alkanes) is 3. The Balaban J connectivity index is 5.88. The Morgan fingerprint density at radius 3 is 1.65 bits per heavy atom. The fraction of sp³-hybridized carbons (Fsp3) is 0.938. The lowest BCUT2D eigenvalue weighted by Gasteiger charge is -2.39. The summed E-state index contributed by atoms with van der Waals surface area (Å²) in [7, 11) is -10.4. The zero-order valence-electron chi connectivity index (χ0n) is 17.0. The summed E-state index contributed by atoms with van der Waals surface area (Å²) in [6.07, 6.45) is -4.61. The van der Waals surface area contributed by atoms with Gasteiger partial charge in [-0.3, -0.25) is 4.79 Å². The molecule has 0 N–H and O–H groups in total. The molecule has 0 aliphatic carbocycles. The number of hydrogen-bond acceptors (Lipinski definition) is 4. The minimum atomic E-state index is -7.37. The van der Waals surface area contributed by atoms with Crippen LogP contribution in [0, 0.1) is 0 Å². The van der Waals surface area contributed by atoms with Crippen LogP contribution in [0.25, 0.3) is 0 Å². The third-order valence-electron chi connectivity index (χ3n) is 4.45. The Morgan fingerprint density at radius 1 is 0.774 bits per heavy atom. The van der Waals surface area contributed by atoms with Crippen molar-refractivity contribution in [3.63, 3.8) is 0 Å². The van der Waals surface area contributed by atoms with Crippen molar-refractivity contribution in [2.75, 3.05) is 17.3 Å². The molecule has 0 atom stereocenters. The molecule has 0 aromatic heterocycles. The van der Waals surface area contributed by atoms with Crippen LogP contribution in [0.5, 0.6) is 0 Å². The minimum absolute atomic E-state index is 0.0865. The number of carbonyl (C=O) groups excluding carboxylic acids is 1. The maximum absolute atomic E-state index is 13.9. The van der Waals surface area contributed by atoms with E-state index in [-0.39, 0.29) is 6.42 Å². The van der Waals surface area contributed by atoms with Gasteiger partial charge in [0.1, 0.15) is 5.78 Å². The van der Waals surface area contributed by atoms with Crippen molar-refractivity contribution in [3.05, 3.63) is 0 Å². The summed E-state index contributed by atoms with van der Waals surface area (Å²) < 4.78 is 145. The lowest BCUT2D eigenvalue weighted by atomic mass is 10.1. The molecule has 0 spiro atoms. The van der Waals surface area contributed by atoms with Crippen molar-refractivity contribution in [3.8, 4) is 0 Å². The second-order valence-electron chi connectivity index (χ2n) is 6.72. The van der Waals surface area contributed by atoms with E-state index in [9.17, 15) is 52.7 Å². The van der Waals surface area contributed by atoms with Crippen LogP contribution in [0.4, 0.5) is 39.5 Å². The zero-order valence-corrected chi connectivity index (χ0v) is 18.6. The van der Waals surface area contributed by atoms with E-state index in [1.165, 1.54) is 13.8 Å². The second kappa shape index (κ2) is 10.5. The van der Waals surface area contributed by atoms with Crippen LogP contribution in [0.1, 0.15) is 52.9 Å². The van der Waals surface area contributed by atoms with E-state index in [1.807, 2.05) is 6.92 Å². The lowest BCUT2D eigenvalue weighted by molar-refractivity contribution is -0.382. The van der Waals surface area contributed by atoms with E-state index in [4.69, 9.17) is 0 Å². The topological polar surface area (TPSA) is 60.4 Å². The number of halogens is 9. The molecule has 0 aromatic rings. The molecule has 0 radical (unpaired) electrons. The van der Waals surface area contributed by atoms with Crippen LogP contribution in [-0.2, 0) is 18.5 Å². The van der Waals surface area contributed by atoms with E-state index < -0.39 is 66.7 Å². The standard InChI is InChI=1S/C16H25F9O4S2/c1-4-7-8-9-10-12(26)11-30(5-2,6-3)29-31(27,28)16(24,25)14(19,20)13(17,18)15(21,22)23/h4-11H2,1-3H3. The van der Waals surface area contributed by atoms with Gasteiger partial charge < -0.3 is 0 Å². The highest BCUT2D eigenvalue weighted by molar-refractivity contribution is 8.33. The molecule has 15 heteroatoms. The van der Waals surface area contributed by atoms with E-state index in [0.29, 0.717) is 12.8 Å². The van der Waals surface area contributed by atoms with Gasteiger partial charge in [0.2, 0.25) is 0 Å². The van der Waals surface area contributed by atoms with Gasteiger partial charge in [0, 0.05) is 6.42 Å². The molecule has 0 bridgehead atoms. The van der Waals surface area contributed by atoms with Gasteiger partial charge in [0.15, 0.2) is 0 Å². The average Bonchev–Trinajstić information content (AvgIpc) is 2.63. The fourth-order valence-corrected chi connectivity index (χ4v) is 7.21. The summed E-state index contributed by atoms with van der Waals surface area (Å²) in [6.45, 7) is 4.28. The Labute approximate surface area is 176 Å². The highest BCUT2D eigenvalue weighted by Gasteiger charge is 2.86. The van der Waals surface area contributed by atoms with Crippen LogP contribution in [-0.4, -0.2) is 54.7 Å². The minimum Gasteiger partial charge on any atom is -0.299 e. The van der Waals surface area contributed by atoms with Crippen LogP contribution in [0.15, 0.2) is 0 Å². The molecular weight excluding hydrogens is 491 g/mol. The summed E-state index contributed by atoms with van der Waals surface area (Å²) in [6, 6.07) is 0. The highest BCUT2D eigenvalue weighted by Crippen LogP contribution is 2.58. The third-order valence-corrected chi connectivity index (χ3v) is 10.2. The number of ketones is 1. The maximum atomic E-state index is 13.9.